The molecule has 2 aromatic rings. The van der Waals surface area contributed by atoms with Crippen molar-refractivity contribution in [1.29, 1.82) is 0 Å². The Kier molecular flexibility index (Phi) is 5.78. The van der Waals surface area contributed by atoms with Crippen molar-refractivity contribution in [2.24, 2.45) is 5.73 Å². The number of benzene rings is 2. The Bertz CT molecular complexity index is 575. The molecule has 0 aliphatic rings. The minimum Gasteiger partial charge on any atom is -0.382 e. The highest BCUT2D eigenvalue weighted by atomic mass is 35.5. The molecular formula is C15H15ClF3NO. The van der Waals surface area contributed by atoms with E-state index in [9.17, 15) is 18.3 Å². The lowest BCUT2D eigenvalue weighted by Crippen LogP contribution is -2.38. The summed E-state index contributed by atoms with van der Waals surface area (Å²) in [5.41, 5.74) is 7.38. The molecule has 2 rings (SSSR count). The third kappa shape index (κ3) is 4.20. The molecule has 3 N–H and O–H groups in total. The minimum atomic E-state index is -4.73. The smallest absolute Gasteiger partial charge is 0.382 e. The number of aliphatic hydroxyl groups excluding tert-OH is 1. The molecule has 0 amide bonds. The van der Waals surface area contributed by atoms with Crippen LogP contribution in [0.25, 0.3) is 11.1 Å². The van der Waals surface area contributed by atoms with Gasteiger partial charge in [0.1, 0.15) is 0 Å². The summed E-state index contributed by atoms with van der Waals surface area (Å²) in [5, 5.41) is 9.22. The van der Waals surface area contributed by atoms with E-state index >= 15 is 0 Å². The van der Waals surface area contributed by atoms with E-state index in [1.54, 1.807) is 18.2 Å². The molecule has 0 bridgehead atoms. The van der Waals surface area contributed by atoms with Crippen molar-refractivity contribution in [1.82, 2.24) is 0 Å². The summed E-state index contributed by atoms with van der Waals surface area (Å²) in [6.45, 7) is 0. The second-order valence-corrected chi connectivity index (χ2v) is 4.50. The summed E-state index contributed by atoms with van der Waals surface area (Å²) in [6.07, 6.45) is -7.31. The van der Waals surface area contributed by atoms with Crippen LogP contribution in [0.2, 0.25) is 0 Å². The van der Waals surface area contributed by atoms with E-state index < -0.39 is 18.3 Å². The zero-order valence-corrected chi connectivity index (χ0v) is 11.7. The Balaban J connectivity index is 0.00000220. The Hall–Kier alpha value is -1.56. The maximum absolute atomic E-state index is 12.5. The minimum absolute atomic E-state index is 0. The van der Waals surface area contributed by atoms with Crippen LogP contribution in [0.15, 0.2) is 54.6 Å². The SMILES string of the molecule is Cl.N[C@@H](c1cccc(-c2ccccc2)c1)[C@H](O)C(F)(F)F. The first-order valence-electron chi connectivity index (χ1n) is 6.05. The van der Waals surface area contributed by atoms with Gasteiger partial charge in [0, 0.05) is 0 Å². The largest absolute Gasteiger partial charge is 0.416 e. The normalized spacial score (nSPS) is 14.1. The number of nitrogens with two attached hydrogens (primary N) is 1. The van der Waals surface area contributed by atoms with Crippen LogP contribution in [0, 0.1) is 0 Å². The van der Waals surface area contributed by atoms with Gasteiger partial charge < -0.3 is 10.8 Å². The zero-order valence-electron chi connectivity index (χ0n) is 10.9. The molecule has 6 heteroatoms. The summed E-state index contributed by atoms with van der Waals surface area (Å²) in [4.78, 5) is 0. The fourth-order valence-electron chi connectivity index (χ4n) is 1.94. The Morgan fingerprint density at radius 2 is 1.48 bits per heavy atom. The first kappa shape index (κ1) is 17.5. The Labute approximate surface area is 126 Å². The molecule has 0 saturated heterocycles. The van der Waals surface area contributed by atoms with Crippen LogP contribution in [0.4, 0.5) is 13.2 Å². The van der Waals surface area contributed by atoms with E-state index in [2.05, 4.69) is 0 Å². The van der Waals surface area contributed by atoms with Crippen molar-refractivity contribution in [3.8, 4) is 11.1 Å². The fourth-order valence-corrected chi connectivity index (χ4v) is 1.94. The quantitative estimate of drug-likeness (QED) is 0.906. The predicted molar refractivity (Wildman–Crippen MR) is 78.1 cm³/mol. The lowest BCUT2D eigenvalue weighted by Gasteiger charge is -2.22. The number of halogens is 4. The van der Waals surface area contributed by atoms with Crippen molar-refractivity contribution < 1.29 is 18.3 Å². The van der Waals surface area contributed by atoms with Crippen molar-refractivity contribution in [2.45, 2.75) is 18.3 Å². The second kappa shape index (κ2) is 6.93. The summed E-state index contributed by atoms with van der Waals surface area (Å²) in [5.74, 6) is 0. The molecule has 0 aliphatic carbocycles. The summed E-state index contributed by atoms with van der Waals surface area (Å²) >= 11 is 0. The second-order valence-electron chi connectivity index (χ2n) is 4.50. The van der Waals surface area contributed by atoms with Crippen LogP contribution >= 0.6 is 12.4 Å². The molecule has 114 valence electrons. The van der Waals surface area contributed by atoms with Crippen molar-refractivity contribution in [3.63, 3.8) is 0 Å². The van der Waals surface area contributed by atoms with E-state index in [1.807, 2.05) is 30.3 Å². The lowest BCUT2D eigenvalue weighted by molar-refractivity contribution is -0.210. The van der Waals surface area contributed by atoms with E-state index in [0.717, 1.165) is 11.1 Å². The van der Waals surface area contributed by atoms with Crippen molar-refractivity contribution >= 4 is 12.4 Å². The van der Waals surface area contributed by atoms with E-state index in [4.69, 9.17) is 5.73 Å². The van der Waals surface area contributed by atoms with Crippen LogP contribution < -0.4 is 5.73 Å². The van der Waals surface area contributed by atoms with Crippen LogP contribution in [0.5, 0.6) is 0 Å². The molecule has 0 aliphatic heterocycles. The highest BCUT2D eigenvalue weighted by molar-refractivity contribution is 5.85. The summed E-state index contributed by atoms with van der Waals surface area (Å²) in [6, 6.07) is 14.2. The van der Waals surface area contributed by atoms with Crippen LogP contribution in [-0.2, 0) is 0 Å². The number of alkyl halides is 3. The molecule has 2 aromatic carbocycles. The van der Waals surface area contributed by atoms with Crippen molar-refractivity contribution in [3.05, 3.63) is 60.2 Å². The van der Waals surface area contributed by atoms with Crippen molar-refractivity contribution in [2.75, 3.05) is 0 Å². The molecule has 2 nitrogen and oxygen atoms in total. The van der Waals surface area contributed by atoms with Gasteiger partial charge in [-0.15, -0.1) is 12.4 Å². The van der Waals surface area contributed by atoms with Crippen LogP contribution in [0.1, 0.15) is 11.6 Å². The first-order valence-corrected chi connectivity index (χ1v) is 6.05. The highest BCUT2D eigenvalue weighted by Crippen LogP contribution is 2.30. The summed E-state index contributed by atoms with van der Waals surface area (Å²) < 4.78 is 37.4. The maximum atomic E-state index is 12.5. The van der Waals surface area contributed by atoms with Gasteiger partial charge in [0.05, 0.1) is 6.04 Å². The van der Waals surface area contributed by atoms with E-state index in [0.29, 0.717) is 0 Å². The number of rotatable bonds is 3. The predicted octanol–water partition coefficient (Wildman–Crippen LogP) is 3.70. The molecular weight excluding hydrogens is 303 g/mol. The number of hydrogen-bond acceptors (Lipinski definition) is 2. The van der Waals surface area contributed by atoms with Gasteiger partial charge in [-0.2, -0.15) is 13.2 Å². The van der Waals surface area contributed by atoms with Crippen LogP contribution in [-0.4, -0.2) is 17.4 Å². The van der Waals surface area contributed by atoms with Gasteiger partial charge in [0.2, 0.25) is 0 Å². The zero-order chi connectivity index (χ0) is 14.8. The Morgan fingerprint density at radius 3 is 2.05 bits per heavy atom. The monoisotopic (exact) mass is 317 g/mol. The third-order valence-corrected chi connectivity index (χ3v) is 3.05. The van der Waals surface area contributed by atoms with E-state index in [-0.39, 0.29) is 18.0 Å². The molecule has 0 radical (unpaired) electrons. The van der Waals surface area contributed by atoms with Gasteiger partial charge in [-0.3, -0.25) is 0 Å². The Morgan fingerprint density at radius 1 is 0.905 bits per heavy atom. The van der Waals surface area contributed by atoms with Gasteiger partial charge in [0.15, 0.2) is 6.10 Å². The van der Waals surface area contributed by atoms with Gasteiger partial charge in [-0.25, -0.2) is 0 Å². The molecule has 0 fully saturated rings. The molecule has 0 saturated carbocycles. The molecule has 2 atom stereocenters. The average Bonchev–Trinajstić information content (AvgIpc) is 2.46. The number of hydrogen-bond donors (Lipinski definition) is 2. The average molecular weight is 318 g/mol. The van der Waals surface area contributed by atoms with E-state index in [1.165, 1.54) is 6.07 Å². The van der Waals surface area contributed by atoms with Gasteiger partial charge >= 0.3 is 6.18 Å². The van der Waals surface area contributed by atoms with Crippen LogP contribution in [0.3, 0.4) is 0 Å². The lowest BCUT2D eigenvalue weighted by atomic mass is 9.97. The molecule has 0 aromatic heterocycles. The van der Waals surface area contributed by atoms with Gasteiger partial charge in [0.25, 0.3) is 0 Å². The molecule has 0 unspecified atom stereocenters. The van der Waals surface area contributed by atoms with Gasteiger partial charge in [-0.1, -0.05) is 48.5 Å². The standard InChI is InChI=1S/C15H14F3NO.ClH/c16-15(17,18)14(20)13(19)12-8-4-7-11(9-12)10-5-2-1-3-6-10;/h1-9,13-14,20H,19H2;1H/t13-,14-;/m0./s1. The fraction of sp³-hybridized carbons (Fsp3) is 0.200. The molecule has 0 spiro atoms. The first-order chi connectivity index (χ1) is 9.39. The maximum Gasteiger partial charge on any atom is 0.416 e. The summed E-state index contributed by atoms with van der Waals surface area (Å²) in [7, 11) is 0. The number of aliphatic hydroxyl groups is 1. The topological polar surface area (TPSA) is 46.2 Å². The molecule has 21 heavy (non-hydrogen) atoms. The van der Waals surface area contributed by atoms with Gasteiger partial charge in [-0.05, 0) is 22.8 Å². The highest BCUT2D eigenvalue weighted by Gasteiger charge is 2.42. The third-order valence-electron chi connectivity index (χ3n) is 3.05. The molecule has 0 heterocycles.